The van der Waals surface area contributed by atoms with E-state index in [4.69, 9.17) is 5.73 Å². The van der Waals surface area contributed by atoms with Crippen molar-refractivity contribution in [1.82, 2.24) is 20.1 Å². The molecule has 0 fully saturated rings. The standard InChI is InChI=1S/C22H23FN6O2/c1-12(17-8-15(23)4-5-16(17)22(30)31)6-13-7-14(10-27-21(13)25)20-18(11-26-2)28-29(3)19(20)9-24/h4-5,7-8,10,12,26H,6,11H2,1-3H3,(H2,25,27)(H,30,31). The SMILES string of the molecule is CNCc1nn(C)c(C#N)c1-c1cnc(N)c(CC(C)c2cc(F)ccc2C(=O)O)c1. The largest absolute Gasteiger partial charge is 0.478 e. The summed E-state index contributed by atoms with van der Waals surface area (Å²) < 4.78 is 15.3. The van der Waals surface area contributed by atoms with Crippen LogP contribution >= 0.6 is 0 Å². The number of aryl methyl sites for hydroxylation is 1. The molecule has 8 nitrogen and oxygen atoms in total. The number of halogens is 1. The van der Waals surface area contributed by atoms with Gasteiger partial charge < -0.3 is 16.2 Å². The Bertz CT molecular complexity index is 1180. The first-order chi connectivity index (χ1) is 14.8. The Hall–Kier alpha value is -3.77. The first-order valence-electron chi connectivity index (χ1n) is 9.64. The van der Waals surface area contributed by atoms with E-state index in [2.05, 4.69) is 21.5 Å². The van der Waals surface area contributed by atoms with Gasteiger partial charge in [-0.25, -0.2) is 14.2 Å². The van der Waals surface area contributed by atoms with E-state index in [1.165, 1.54) is 16.8 Å². The van der Waals surface area contributed by atoms with E-state index in [0.29, 0.717) is 52.4 Å². The van der Waals surface area contributed by atoms with Gasteiger partial charge in [-0.2, -0.15) is 10.4 Å². The predicted molar refractivity (Wildman–Crippen MR) is 114 cm³/mol. The number of nitrogens with zero attached hydrogens (tertiary/aromatic N) is 4. The summed E-state index contributed by atoms with van der Waals surface area (Å²) in [6.45, 7) is 2.27. The van der Waals surface area contributed by atoms with Crippen molar-refractivity contribution in [3.63, 3.8) is 0 Å². The molecule has 2 aromatic heterocycles. The quantitative estimate of drug-likeness (QED) is 0.534. The molecule has 1 unspecified atom stereocenters. The van der Waals surface area contributed by atoms with Crippen LogP contribution in [0.15, 0.2) is 30.5 Å². The molecule has 3 rings (SSSR count). The topological polar surface area (TPSA) is 130 Å². The fourth-order valence-corrected chi connectivity index (χ4v) is 3.70. The molecular formula is C22H23FN6O2. The number of aromatic nitrogens is 3. The number of nitrogens with one attached hydrogen (secondary N) is 1. The second-order valence-electron chi connectivity index (χ2n) is 7.35. The van der Waals surface area contributed by atoms with Crippen molar-refractivity contribution < 1.29 is 14.3 Å². The number of pyridine rings is 1. The first kappa shape index (κ1) is 21.9. The van der Waals surface area contributed by atoms with Crippen LogP contribution in [0.2, 0.25) is 0 Å². The van der Waals surface area contributed by atoms with Gasteiger partial charge in [0.1, 0.15) is 23.4 Å². The number of carbonyl (C=O) groups is 1. The van der Waals surface area contributed by atoms with Gasteiger partial charge in [0.25, 0.3) is 0 Å². The highest BCUT2D eigenvalue weighted by Gasteiger charge is 2.21. The number of carboxylic acid groups (broad SMARTS) is 1. The number of aromatic carboxylic acids is 1. The molecule has 3 aromatic rings. The van der Waals surface area contributed by atoms with Gasteiger partial charge in [-0.3, -0.25) is 4.68 Å². The van der Waals surface area contributed by atoms with Crippen molar-refractivity contribution in [3.05, 3.63) is 64.4 Å². The fourth-order valence-electron chi connectivity index (χ4n) is 3.70. The van der Waals surface area contributed by atoms with Gasteiger partial charge in [0.15, 0.2) is 0 Å². The molecule has 160 valence electrons. The third-order valence-corrected chi connectivity index (χ3v) is 5.16. The van der Waals surface area contributed by atoms with Crippen LogP contribution in [0.5, 0.6) is 0 Å². The van der Waals surface area contributed by atoms with Crippen LogP contribution in [0.3, 0.4) is 0 Å². The molecule has 0 amide bonds. The van der Waals surface area contributed by atoms with E-state index in [1.54, 1.807) is 20.3 Å². The lowest BCUT2D eigenvalue weighted by Gasteiger charge is -2.16. The lowest BCUT2D eigenvalue weighted by atomic mass is 9.89. The molecule has 0 saturated heterocycles. The van der Waals surface area contributed by atoms with Gasteiger partial charge >= 0.3 is 5.97 Å². The number of nitrogens with two attached hydrogens (primary N) is 1. The van der Waals surface area contributed by atoms with Gasteiger partial charge in [-0.15, -0.1) is 0 Å². The monoisotopic (exact) mass is 422 g/mol. The van der Waals surface area contributed by atoms with Crippen molar-refractivity contribution >= 4 is 11.8 Å². The highest BCUT2D eigenvalue weighted by Crippen LogP contribution is 2.32. The summed E-state index contributed by atoms with van der Waals surface area (Å²) in [5.41, 5.74) is 9.64. The predicted octanol–water partition coefficient (Wildman–Crippen LogP) is 2.84. The molecule has 0 bridgehead atoms. The normalized spacial score (nSPS) is 11.8. The average molecular weight is 422 g/mol. The van der Waals surface area contributed by atoms with Gasteiger partial charge in [-0.05, 0) is 54.8 Å². The summed E-state index contributed by atoms with van der Waals surface area (Å²) in [5, 5.41) is 26.5. The Morgan fingerprint density at radius 3 is 2.81 bits per heavy atom. The summed E-state index contributed by atoms with van der Waals surface area (Å²) >= 11 is 0. The van der Waals surface area contributed by atoms with E-state index < -0.39 is 11.8 Å². The van der Waals surface area contributed by atoms with Gasteiger partial charge in [0.2, 0.25) is 0 Å². The summed E-state index contributed by atoms with van der Waals surface area (Å²) in [6.07, 6.45) is 1.94. The van der Waals surface area contributed by atoms with E-state index in [1.807, 2.05) is 13.0 Å². The van der Waals surface area contributed by atoms with Crippen molar-refractivity contribution in [2.45, 2.75) is 25.8 Å². The van der Waals surface area contributed by atoms with E-state index >= 15 is 0 Å². The average Bonchev–Trinajstić information content (AvgIpc) is 3.04. The minimum Gasteiger partial charge on any atom is -0.478 e. The van der Waals surface area contributed by atoms with E-state index in [0.717, 1.165) is 6.07 Å². The van der Waals surface area contributed by atoms with Crippen LogP contribution in [0, 0.1) is 17.1 Å². The molecule has 9 heteroatoms. The summed E-state index contributed by atoms with van der Waals surface area (Å²) in [5.74, 6) is -1.66. The first-order valence-corrected chi connectivity index (χ1v) is 9.64. The Kier molecular flexibility index (Phi) is 6.32. The van der Waals surface area contributed by atoms with Gasteiger partial charge in [0.05, 0.1) is 11.3 Å². The Morgan fingerprint density at radius 2 is 2.16 bits per heavy atom. The Labute approximate surface area is 179 Å². The molecule has 31 heavy (non-hydrogen) atoms. The van der Waals surface area contributed by atoms with Crippen LogP contribution in [0.4, 0.5) is 10.2 Å². The minimum atomic E-state index is -1.12. The van der Waals surface area contributed by atoms with Crippen LogP contribution < -0.4 is 11.1 Å². The minimum absolute atomic E-state index is 0.0481. The number of carboxylic acids is 1. The maximum Gasteiger partial charge on any atom is 0.335 e. The number of rotatable bonds is 7. The molecular weight excluding hydrogens is 399 g/mol. The number of benzene rings is 1. The van der Waals surface area contributed by atoms with Gasteiger partial charge in [0, 0.05) is 30.9 Å². The third-order valence-electron chi connectivity index (χ3n) is 5.16. The zero-order valence-corrected chi connectivity index (χ0v) is 17.5. The molecule has 0 aliphatic rings. The third kappa shape index (κ3) is 4.39. The van der Waals surface area contributed by atoms with Crippen LogP contribution in [0.25, 0.3) is 11.1 Å². The maximum atomic E-state index is 13.8. The molecule has 4 N–H and O–H groups in total. The second kappa shape index (κ2) is 8.93. The zero-order chi connectivity index (χ0) is 22.7. The molecule has 0 aliphatic carbocycles. The summed E-state index contributed by atoms with van der Waals surface area (Å²) in [7, 11) is 3.49. The number of anilines is 1. The molecule has 0 aliphatic heterocycles. The molecule has 1 aromatic carbocycles. The van der Waals surface area contributed by atoms with Crippen molar-refractivity contribution in [3.8, 4) is 17.2 Å². The smallest absolute Gasteiger partial charge is 0.335 e. The number of nitriles is 1. The fraction of sp³-hybridized carbons (Fsp3) is 0.273. The highest BCUT2D eigenvalue weighted by molar-refractivity contribution is 5.89. The van der Waals surface area contributed by atoms with Crippen molar-refractivity contribution in [2.75, 3.05) is 12.8 Å². The van der Waals surface area contributed by atoms with Crippen LogP contribution in [0.1, 0.15) is 45.7 Å². The lowest BCUT2D eigenvalue weighted by molar-refractivity contribution is 0.0695. The Balaban J connectivity index is 2.04. The van der Waals surface area contributed by atoms with Crippen LogP contribution in [-0.4, -0.2) is 32.9 Å². The number of hydrogen-bond donors (Lipinski definition) is 3. The van der Waals surface area contributed by atoms with E-state index in [-0.39, 0.29) is 11.5 Å². The van der Waals surface area contributed by atoms with Gasteiger partial charge in [-0.1, -0.05) is 6.92 Å². The molecule has 0 spiro atoms. The highest BCUT2D eigenvalue weighted by atomic mass is 19.1. The molecule has 1 atom stereocenters. The summed E-state index contributed by atoms with van der Waals surface area (Å²) in [6, 6.07) is 7.64. The zero-order valence-electron chi connectivity index (χ0n) is 17.5. The Morgan fingerprint density at radius 1 is 1.42 bits per heavy atom. The molecule has 0 saturated carbocycles. The van der Waals surface area contributed by atoms with E-state index in [9.17, 15) is 19.6 Å². The summed E-state index contributed by atoms with van der Waals surface area (Å²) in [4.78, 5) is 15.8. The van der Waals surface area contributed by atoms with Crippen molar-refractivity contribution in [1.29, 1.82) is 5.26 Å². The molecule has 2 heterocycles. The molecule has 0 radical (unpaired) electrons. The second-order valence-corrected chi connectivity index (χ2v) is 7.35. The number of hydrogen-bond acceptors (Lipinski definition) is 6. The number of nitrogen functional groups attached to an aromatic ring is 1. The van der Waals surface area contributed by atoms with Crippen LogP contribution in [-0.2, 0) is 20.0 Å². The lowest BCUT2D eigenvalue weighted by Crippen LogP contribution is -2.10. The van der Waals surface area contributed by atoms with Crippen molar-refractivity contribution in [2.24, 2.45) is 7.05 Å². The maximum absolute atomic E-state index is 13.8.